The Labute approximate surface area is 222 Å². The van der Waals surface area contributed by atoms with Gasteiger partial charge < -0.3 is 9.72 Å². The zero-order valence-corrected chi connectivity index (χ0v) is 21.3. The van der Waals surface area contributed by atoms with Gasteiger partial charge in [-0.2, -0.15) is 5.10 Å². The lowest BCUT2D eigenvalue weighted by atomic mass is 10.0. The number of nitrogens with one attached hydrogen (secondary N) is 2. The van der Waals surface area contributed by atoms with Crippen LogP contribution in [-0.2, 0) is 6.61 Å². The zero-order valence-electron chi connectivity index (χ0n) is 20.5. The number of pyridine rings is 2. The van der Waals surface area contributed by atoms with E-state index in [1.807, 2.05) is 60.9 Å². The van der Waals surface area contributed by atoms with Crippen LogP contribution in [0.15, 0.2) is 91.4 Å². The van der Waals surface area contributed by atoms with E-state index < -0.39 is 0 Å². The number of hydrogen-bond acceptors (Lipinski definition) is 6. The molecule has 0 saturated carbocycles. The van der Waals surface area contributed by atoms with Crippen molar-refractivity contribution in [2.75, 3.05) is 0 Å². The molecule has 38 heavy (non-hydrogen) atoms. The molecule has 0 unspecified atom stereocenters. The largest absolute Gasteiger partial charge is 0.487 e. The molecule has 5 aromatic heterocycles. The Hall–Kier alpha value is -4.82. The highest BCUT2D eigenvalue weighted by Gasteiger charge is 2.17. The number of hydrogen-bond donors (Lipinski definition) is 2. The van der Waals surface area contributed by atoms with E-state index in [0.717, 1.165) is 60.6 Å². The van der Waals surface area contributed by atoms with E-state index in [2.05, 4.69) is 56.3 Å². The number of aromatic amines is 2. The molecule has 0 radical (unpaired) electrons. The second-order valence-electron chi connectivity index (χ2n) is 9.07. The van der Waals surface area contributed by atoms with Gasteiger partial charge in [0.25, 0.3) is 0 Å². The van der Waals surface area contributed by atoms with Crippen molar-refractivity contribution in [2.45, 2.75) is 13.5 Å². The summed E-state index contributed by atoms with van der Waals surface area (Å²) in [5.41, 5.74) is 7.43. The van der Waals surface area contributed by atoms with Gasteiger partial charge >= 0.3 is 0 Å². The SMILES string of the molecule is Cc1ccc(-c2nccc3[nH]c(-c4n[nH]c5ccc(-c6cncc(OCc7ccccc7)c6)cc45)nc23)s1. The minimum atomic E-state index is 0.491. The molecule has 5 heterocycles. The van der Waals surface area contributed by atoms with Crippen LogP contribution in [0.25, 0.3) is 55.2 Å². The van der Waals surface area contributed by atoms with Gasteiger partial charge in [-0.25, -0.2) is 4.98 Å². The zero-order chi connectivity index (χ0) is 25.5. The summed E-state index contributed by atoms with van der Waals surface area (Å²) in [7, 11) is 0. The molecule has 8 heteroatoms. The molecule has 0 atom stereocenters. The number of rotatable bonds is 6. The van der Waals surface area contributed by atoms with Crippen LogP contribution in [-0.4, -0.2) is 30.1 Å². The summed E-state index contributed by atoms with van der Waals surface area (Å²) < 4.78 is 6.00. The lowest BCUT2D eigenvalue weighted by Crippen LogP contribution is -1.95. The van der Waals surface area contributed by atoms with Crippen molar-refractivity contribution in [2.24, 2.45) is 0 Å². The van der Waals surface area contributed by atoms with Crippen LogP contribution in [0.3, 0.4) is 0 Å². The molecule has 7 aromatic rings. The molecule has 7 rings (SSSR count). The normalized spacial score (nSPS) is 11.4. The van der Waals surface area contributed by atoms with Gasteiger partial charge in [-0.15, -0.1) is 11.3 Å². The van der Waals surface area contributed by atoms with Gasteiger partial charge in [0.2, 0.25) is 0 Å². The van der Waals surface area contributed by atoms with E-state index in [4.69, 9.17) is 9.72 Å². The quantitative estimate of drug-likeness (QED) is 0.245. The van der Waals surface area contributed by atoms with Crippen LogP contribution in [0, 0.1) is 6.92 Å². The van der Waals surface area contributed by atoms with Gasteiger partial charge in [0, 0.05) is 28.2 Å². The Morgan fingerprint density at radius 3 is 2.66 bits per heavy atom. The van der Waals surface area contributed by atoms with Crippen molar-refractivity contribution in [3.63, 3.8) is 0 Å². The van der Waals surface area contributed by atoms with Crippen molar-refractivity contribution >= 4 is 33.3 Å². The molecule has 2 aromatic carbocycles. The van der Waals surface area contributed by atoms with E-state index in [9.17, 15) is 0 Å². The molecule has 0 aliphatic rings. The highest BCUT2D eigenvalue weighted by molar-refractivity contribution is 7.15. The summed E-state index contributed by atoms with van der Waals surface area (Å²) in [6.45, 7) is 2.59. The fourth-order valence-electron chi connectivity index (χ4n) is 4.56. The summed E-state index contributed by atoms with van der Waals surface area (Å²) in [6.07, 6.45) is 5.40. The standard InChI is InChI=1S/C30H22N6OS/c1-18-7-10-26(38-18)29-28-25(11-12-32-29)33-30(34-28)27-23-14-20(8-9-24(23)35-36-27)21-13-22(16-31-15-21)37-17-19-5-3-2-4-6-19/h2-16H,17H2,1H3,(H,33,34)(H,35,36). The van der Waals surface area contributed by atoms with Crippen molar-refractivity contribution in [1.82, 2.24) is 30.1 Å². The fraction of sp³-hybridized carbons (Fsp3) is 0.0667. The first kappa shape index (κ1) is 22.4. The number of thiophene rings is 1. The van der Waals surface area contributed by atoms with E-state index in [-0.39, 0.29) is 0 Å². The molecule has 0 aliphatic heterocycles. The van der Waals surface area contributed by atoms with Crippen molar-refractivity contribution in [3.05, 3.63) is 102 Å². The first-order valence-corrected chi connectivity index (χ1v) is 13.0. The number of ether oxygens (including phenoxy) is 1. The molecule has 2 N–H and O–H groups in total. The predicted molar refractivity (Wildman–Crippen MR) is 151 cm³/mol. The molecular weight excluding hydrogens is 492 g/mol. The fourth-order valence-corrected chi connectivity index (χ4v) is 5.43. The number of aryl methyl sites for hydroxylation is 1. The van der Waals surface area contributed by atoms with Crippen LogP contribution in [0.1, 0.15) is 10.4 Å². The third-order valence-corrected chi connectivity index (χ3v) is 7.46. The van der Waals surface area contributed by atoms with Crippen LogP contribution in [0.4, 0.5) is 0 Å². The number of nitrogens with zero attached hydrogens (tertiary/aromatic N) is 4. The summed E-state index contributed by atoms with van der Waals surface area (Å²) in [5, 5.41) is 8.72. The Bertz CT molecular complexity index is 1900. The lowest BCUT2D eigenvalue weighted by Gasteiger charge is -2.08. The summed E-state index contributed by atoms with van der Waals surface area (Å²) in [6, 6.07) is 24.5. The van der Waals surface area contributed by atoms with Gasteiger partial charge in [0.15, 0.2) is 5.82 Å². The van der Waals surface area contributed by atoms with E-state index in [1.54, 1.807) is 17.5 Å². The van der Waals surface area contributed by atoms with Crippen LogP contribution in [0.5, 0.6) is 5.75 Å². The molecule has 0 bridgehead atoms. The van der Waals surface area contributed by atoms with E-state index in [1.165, 1.54) is 4.88 Å². The first-order chi connectivity index (χ1) is 18.7. The first-order valence-electron chi connectivity index (χ1n) is 12.2. The highest BCUT2D eigenvalue weighted by atomic mass is 32.1. The summed E-state index contributed by atoms with van der Waals surface area (Å²) in [4.78, 5) is 19.8. The predicted octanol–water partition coefficient (Wildman–Crippen LogP) is 7.18. The maximum absolute atomic E-state index is 6.00. The van der Waals surface area contributed by atoms with E-state index in [0.29, 0.717) is 12.4 Å². The minimum absolute atomic E-state index is 0.491. The number of imidazole rings is 1. The van der Waals surface area contributed by atoms with Crippen LogP contribution < -0.4 is 4.74 Å². The Morgan fingerprint density at radius 1 is 0.868 bits per heavy atom. The topological polar surface area (TPSA) is 92.4 Å². The summed E-state index contributed by atoms with van der Waals surface area (Å²) >= 11 is 1.71. The van der Waals surface area contributed by atoms with Gasteiger partial charge in [-0.3, -0.25) is 15.1 Å². The molecule has 0 saturated heterocycles. The average Bonchev–Trinajstić information content (AvgIpc) is 3.70. The van der Waals surface area contributed by atoms with Gasteiger partial charge in [-0.05, 0) is 54.4 Å². The van der Waals surface area contributed by atoms with Crippen molar-refractivity contribution in [1.29, 1.82) is 0 Å². The lowest BCUT2D eigenvalue weighted by molar-refractivity contribution is 0.305. The molecule has 0 fully saturated rings. The third kappa shape index (κ3) is 4.10. The Morgan fingerprint density at radius 2 is 1.79 bits per heavy atom. The third-order valence-electron chi connectivity index (χ3n) is 6.46. The van der Waals surface area contributed by atoms with Crippen LogP contribution >= 0.6 is 11.3 Å². The van der Waals surface area contributed by atoms with Gasteiger partial charge in [0.1, 0.15) is 29.3 Å². The van der Waals surface area contributed by atoms with E-state index >= 15 is 0 Å². The maximum atomic E-state index is 6.00. The number of fused-ring (bicyclic) bond motifs is 2. The molecule has 0 aliphatic carbocycles. The van der Waals surface area contributed by atoms with Crippen molar-refractivity contribution < 1.29 is 4.74 Å². The smallest absolute Gasteiger partial charge is 0.159 e. The second-order valence-corrected chi connectivity index (χ2v) is 10.4. The second kappa shape index (κ2) is 9.24. The van der Waals surface area contributed by atoms with Gasteiger partial charge in [0.05, 0.1) is 22.1 Å². The molecule has 7 nitrogen and oxygen atoms in total. The highest BCUT2D eigenvalue weighted by Crippen LogP contribution is 2.34. The number of H-pyrrole nitrogens is 2. The maximum Gasteiger partial charge on any atom is 0.159 e. The number of aromatic nitrogens is 6. The molecule has 184 valence electrons. The molecule has 0 spiro atoms. The molecular formula is C30H22N6OS. The monoisotopic (exact) mass is 514 g/mol. The summed E-state index contributed by atoms with van der Waals surface area (Å²) in [5.74, 6) is 1.42. The minimum Gasteiger partial charge on any atom is -0.487 e. The average molecular weight is 515 g/mol. The Kier molecular flexibility index (Phi) is 5.44. The molecule has 0 amide bonds. The Balaban J connectivity index is 1.24. The van der Waals surface area contributed by atoms with Crippen molar-refractivity contribution in [3.8, 4) is 39.0 Å². The van der Waals surface area contributed by atoms with Crippen LogP contribution in [0.2, 0.25) is 0 Å². The van der Waals surface area contributed by atoms with Gasteiger partial charge in [-0.1, -0.05) is 36.4 Å². The number of benzene rings is 2.